The molecule has 240 valence electrons. The summed E-state index contributed by atoms with van der Waals surface area (Å²) < 4.78 is 17.0. The first-order chi connectivity index (χ1) is 21.9. The molecular weight excluding hydrogens is 570 g/mol. The molecule has 2 saturated heterocycles. The Morgan fingerprint density at radius 1 is 0.978 bits per heavy atom. The molecule has 0 radical (unpaired) electrons. The van der Waals surface area contributed by atoms with Crippen LogP contribution in [0.15, 0.2) is 65.4 Å². The van der Waals surface area contributed by atoms with Crippen molar-refractivity contribution in [3.63, 3.8) is 0 Å². The van der Waals surface area contributed by atoms with Gasteiger partial charge in [-0.3, -0.25) is 14.6 Å². The van der Waals surface area contributed by atoms with Gasteiger partial charge in [-0.25, -0.2) is 9.78 Å². The summed E-state index contributed by atoms with van der Waals surface area (Å²) in [5.41, 5.74) is 3.06. The molecule has 45 heavy (non-hydrogen) atoms. The van der Waals surface area contributed by atoms with Crippen LogP contribution >= 0.6 is 0 Å². The van der Waals surface area contributed by atoms with Crippen LogP contribution in [0.25, 0.3) is 0 Å². The molecule has 3 aromatic rings. The van der Waals surface area contributed by atoms with Crippen LogP contribution < -0.4 is 15.1 Å². The van der Waals surface area contributed by atoms with Crippen molar-refractivity contribution in [2.75, 3.05) is 36.0 Å². The number of aryl methyl sites for hydroxylation is 1. The van der Waals surface area contributed by atoms with E-state index in [1.165, 1.54) is 12.7 Å². The molecule has 10 heteroatoms. The largest absolute Gasteiger partial charge is 0.459 e. The van der Waals surface area contributed by atoms with Crippen LogP contribution in [0.5, 0.6) is 0 Å². The van der Waals surface area contributed by atoms with Crippen LogP contribution in [0.3, 0.4) is 0 Å². The van der Waals surface area contributed by atoms with Gasteiger partial charge in [-0.05, 0) is 81.3 Å². The standard InChI is InChI=1S/C35H45N5O5/c1-25-14-15-32(36-23-25)40(34(41)31-13-8-22-43-31)29-17-20-38(21-18-29)19-16-27-9-6-7-12-30(27)39(24-33-44-26(2)45-33)35(42)37-28-10-4-3-5-11-28/h6-9,12-15,22-23,26,28-29,33H,3-5,10-11,16-21,24H2,1-2H3,(H,37,42). The Labute approximate surface area is 265 Å². The molecule has 1 saturated carbocycles. The minimum absolute atomic E-state index is 0.0187. The topological polar surface area (TPSA) is 100 Å². The number of anilines is 2. The number of aromatic nitrogens is 1. The number of furan rings is 1. The molecule has 2 aromatic heterocycles. The zero-order chi connectivity index (χ0) is 31.2. The Balaban J connectivity index is 1.11. The second-order valence-electron chi connectivity index (χ2n) is 12.5. The first kappa shape index (κ1) is 31.3. The Kier molecular flexibility index (Phi) is 10.1. The first-order valence-corrected chi connectivity index (χ1v) is 16.4. The van der Waals surface area contributed by atoms with Gasteiger partial charge in [0, 0.05) is 43.6 Å². The average molecular weight is 616 g/mol. The summed E-state index contributed by atoms with van der Waals surface area (Å²) in [6.07, 6.45) is 10.7. The van der Waals surface area contributed by atoms with Crippen molar-refractivity contribution in [1.29, 1.82) is 0 Å². The van der Waals surface area contributed by atoms with Crippen molar-refractivity contribution in [3.8, 4) is 0 Å². The van der Waals surface area contributed by atoms with E-state index in [9.17, 15) is 9.59 Å². The van der Waals surface area contributed by atoms with Crippen LogP contribution in [0, 0.1) is 6.92 Å². The van der Waals surface area contributed by atoms with Crippen LogP contribution in [-0.2, 0) is 15.9 Å². The lowest BCUT2D eigenvalue weighted by atomic mass is 9.96. The predicted octanol–water partition coefficient (Wildman–Crippen LogP) is 5.90. The third-order valence-electron chi connectivity index (χ3n) is 9.19. The first-order valence-electron chi connectivity index (χ1n) is 16.4. The molecule has 4 heterocycles. The van der Waals surface area contributed by atoms with Crippen molar-refractivity contribution < 1.29 is 23.5 Å². The number of carbonyl (C=O) groups is 2. The number of nitrogens with zero attached hydrogens (tertiary/aromatic N) is 4. The van der Waals surface area contributed by atoms with E-state index in [0.717, 1.165) is 81.4 Å². The fourth-order valence-electron chi connectivity index (χ4n) is 6.71. The Hall–Kier alpha value is -3.73. The number of rotatable bonds is 10. The highest BCUT2D eigenvalue weighted by molar-refractivity contribution is 6.04. The van der Waals surface area contributed by atoms with E-state index in [4.69, 9.17) is 13.9 Å². The van der Waals surface area contributed by atoms with Gasteiger partial charge in [0.2, 0.25) is 0 Å². The lowest BCUT2D eigenvalue weighted by molar-refractivity contribution is -0.370. The molecule has 2 aliphatic heterocycles. The van der Waals surface area contributed by atoms with E-state index in [1.54, 1.807) is 28.1 Å². The molecule has 3 aliphatic rings. The number of piperidine rings is 1. The predicted molar refractivity (Wildman–Crippen MR) is 172 cm³/mol. The maximum Gasteiger partial charge on any atom is 0.322 e. The minimum Gasteiger partial charge on any atom is -0.459 e. The van der Waals surface area contributed by atoms with Crippen molar-refractivity contribution in [2.24, 2.45) is 0 Å². The monoisotopic (exact) mass is 615 g/mol. The highest BCUT2D eigenvalue weighted by Gasteiger charge is 2.34. The van der Waals surface area contributed by atoms with Crippen molar-refractivity contribution in [1.82, 2.24) is 15.2 Å². The van der Waals surface area contributed by atoms with Crippen molar-refractivity contribution in [3.05, 3.63) is 77.9 Å². The number of benzene rings is 1. The third-order valence-corrected chi connectivity index (χ3v) is 9.19. The minimum atomic E-state index is -0.431. The molecule has 3 amide bonds. The molecular formula is C35H45N5O5. The highest BCUT2D eigenvalue weighted by atomic mass is 16.9. The van der Waals surface area contributed by atoms with Crippen LogP contribution in [-0.4, -0.2) is 72.7 Å². The van der Waals surface area contributed by atoms with E-state index in [2.05, 4.69) is 21.3 Å². The van der Waals surface area contributed by atoms with E-state index in [0.29, 0.717) is 18.1 Å². The molecule has 3 fully saturated rings. The quantitative estimate of drug-likeness (QED) is 0.303. The number of nitrogens with one attached hydrogen (secondary N) is 1. The van der Waals surface area contributed by atoms with Crippen LogP contribution in [0.1, 0.15) is 73.6 Å². The fourth-order valence-corrected chi connectivity index (χ4v) is 6.71. The maximum absolute atomic E-state index is 13.7. The van der Waals surface area contributed by atoms with Gasteiger partial charge in [-0.15, -0.1) is 0 Å². The van der Waals surface area contributed by atoms with Crippen molar-refractivity contribution in [2.45, 2.75) is 89.9 Å². The van der Waals surface area contributed by atoms with Crippen LogP contribution in [0.4, 0.5) is 16.3 Å². The van der Waals surface area contributed by atoms with E-state index in [-0.39, 0.29) is 30.3 Å². The summed E-state index contributed by atoms with van der Waals surface area (Å²) in [6.45, 7) is 6.76. The summed E-state index contributed by atoms with van der Waals surface area (Å²) in [5.74, 6) is 0.805. The molecule has 1 aromatic carbocycles. The van der Waals surface area contributed by atoms with Gasteiger partial charge >= 0.3 is 6.03 Å². The number of carbonyl (C=O) groups excluding carboxylic acids is 2. The molecule has 1 N–H and O–H groups in total. The number of hydrogen-bond donors (Lipinski definition) is 1. The lowest BCUT2D eigenvalue weighted by Crippen LogP contribution is -2.53. The van der Waals surface area contributed by atoms with Gasteiger partial charge in [0.05, 0.1) is 12.8 Å². The fraction of sp³-hybridized carbons (Fsp3) is 0.514. The smallest absolute Gasteiger partial charge is 0.322 e. The molecule has 6 rings (SSSR count). The normalized spacial score (nSPS) is 21.2. The van der Waals surface area contributed by atoms with Gasteiger partial charge in [0.15, 0.2) is 18.3 Å². The summed E-state index contributed by atoms with van der Waals surface area (Å²) in [4.78, 5) is 37.8. The number of pyridine rings is 1. The number of urea groups is 1. The number of hydrogen-bond acceptors (Lipinski definition) is 7. The second-order valence-corrected chi connectivity index (χ2v) is 12.5. The summed E-state index contributed by atoms with van der Waals surface area (Å²) in [5, 5.41) is 3.29. The van der Waals surface area contributed by atoms with Gasteiger partial charge < -0.3 is 24.1 Å². The van der Waals surface area contributed by atoms with Crippen LogP contribution in [0.2, 0.25) is 0 Å². The SMILES string of the molecule is Cc1ccc(N(C(=O)c2ccco2)C2CCN(CCc3ccccc3N(CC3OC(C)O3)C(=O)NC3CCCCC3)CC2)nc1. The van der Waals surface area contributed by atoms with E-state index in [1.807, 2.05) is 44.2 Å². The maximum atomic E-state index is 13.7. The third kappa shape index (κ3) is 7.74. The molecule has 0 spiro atoms. The second kappa shape index (κ2) is 14.6. The van der Waals surface area contributed by atoms with Gasteiger partial charge in [-0.2, -0.15) is 0 Å². The molecule has 0 unspecified atom stereocenters. The van der Waals surface area contributed by atoms with Gasteiger partial charge in [0.25, 0.3) is 5.91 Å². The molecule has 0 atom stereocenters. The molecule has 0 bridgehead atoms. The summed E-state index contributed by atoms with van der Waals surface area (Å²) in [7, 11) is 0. The zero-order valence-electron chi connectivity index (χ0n) is 26.4. The Bertz CT molecular complexity index is 1390. The Morgan fingerprint density at radius 2 is 1.76 bits per heavy atom. The highest BCUT2D eigenvalue weighted by Crippen LogP contribution is 2.28. The van der Waals surface area contributed by atoms with Gasteiger partial charge in [0.1, 0.15) is 5.82 Å². The van der Waals surface area contributed by atoms with Crippen molar-refractivity contribution >= 4 is 23.4 Å². The number of amides is 3. The summed E-state index contributed by atoms with van der Waals surface area (Å²) >= 11 is 0. The molecule has 1 aliphatic carbocycles. The van der Waals surface area contributed by atoms with Gasteiger partial charge in [-0.1, -0.05) is 43.5 Å². The molecule has 10 nitrogen and oxygen atoms in total. The number of ether oxygens (including phenoxy) is 2. The lowest BCUT2D eigenvalue weighted by Gasteiger charge is -2.39. The zero-order valence-corrected chi connectivity index (χ0v) is 26.4. The summed E-state index contributed by atoms with van der Waals surface area (Å²) in [6, 6.07) is 15.6. The number of likely N-dealkylation sites (tertiary alicyclic amines) is 1. The Morgan fingerprint density at radius 3 is 2.44 bits per heavy atom. The van der Waals surface area contributed by atoms with E-state index < -0.39 is 6.29 Å². The average Bonchev–Trinajstić information content (AvgIpc) is 3.59. The van der Waals surface area contributed by atoms with E-state index >= 15 is 0 Å². The number of para-hydroxylation sites is 1.